The number of aliphatic hydroxyl groups is 4. The Morgan fingerprint density at radius 2 is 1.50 bits per heavy atom. The average molecular weight is 152 g/mol. The van der Waals surface area contributed by atoms with Crippen LogP contribution in [0, 0.1) is 0 Å². The summed E-state index contributed by atoms with van der Waals surface area (Å²) in [7, 11) is 0. The molecule has 0 atom stereocenters. The molecule has 0 aromatic rings. The Hall–Kier alpha value is -0.160. The van der Waals surface area contributed by atoms with Gasteiger partial charge in [0.25, 0.3) is 0 Å². The van der Waals surface area contributed by atoms with Crippen LogP contribution in [0.5, 0.6) is 0 Å². The van der Waals surface area contributed by atoms with Crippen LogP contribution in [-0.4, -0.2) is 39.9 Å². The van der Waals surface area contributed by atoms with E-state index in [1.165, 1.54) is 0 Å². The first kappa shape index (κ1) is 12.5. The minimum Gasteiger partial charge on any atom is -0.394 e. The number of rotatable bonds is 3. The van der Waals surface area contributed by atoms with Crippen molar-refractivity contribution in [3.63, 3.8) is 0 Å². The van der Waals surface area contributed by atoms with Gasteiger partial charge in [-0.2, -0.15) is 0 Å². The highest BCUT2D eigenvalue weighted by atomic mass is 16.5. The molecule has 4 N–H and O–H groups in total. The van der Waals surface area contributed by atoms with E-state index in [1.54, 1.807) is 0 Å². The van der Waals surface area contributed by atoms with Crippen molar-refractivity contribution in [1.82, 2.24) is 0 Å². The average Bonchev–Trinajstić information content (AvgIpc) is 1.89. The maximum absolute atomic E-state index is 8.11. The first-order valence-corrected chi connectivity index (χ1v) is 3.26. The van der Waals surface area contributed by atoms with Gasteiger partial charge in [0, 0.05) is 0 Å². The maximum atomic E-state index is 8.11. The van der Waals surface area contributed by atoms with Crippen LogP contribution in [0.15, 0.2) is 0 Å². The van der Waals surface area contributed by atoms with E-state index in [0.717, 1.165) is 6.42 Å². The molecule has 0 aliphatic heterocycles. The van der Waals surface area contributed by atoms with E-state index in [1.807, 2.05) is 6.92 Å². The molecule has 0 rings (SSSR count). The van der Waals surface area contributed by atoms with E-state index in [2.05, 4.69) is 0 Å². The fraction of sp³-hybridized carbons (Fsp3) is 1.00. The normalized spacial score (nSPS) is 9.00. The summed E-state index contributed by atoms with van der Waals surface area (Å²) in [5, 5.41) is 31.5. The topological polar surface area (TPSA) is 80.9 Å². The summed E-state index contributed by atoms with van der Waals surface area (Å²) in [6.07, 6.45) is 0.215. The predicted molar refractivity (Wildman–Crippen MR) is 37.3 cm³/mol. The van der Waals surface area contributed by atoms with Gasteiger partial charge < -0.3 is 20.4 Å². The number of hydrogen-bond donors (Lipinski definition) is 4. The molecule has 0 heterocycles. The number of hydrogen-bond acceptors (Lipinski definition) is 4. The maximum Gasteiger partial charge on any atom is 0.151 e. The minimum absolute atomic E-state index is 0.125. The Morgan fingerprint density at radius 3 is 1.50 bits per heavy atom. The van der Waals surface area contributed by atoms with E-state index in [-0.39, 0.29) is 13.2 Å². The summed E-state index contributed by atoms with van der Waals surface area (Å²) in [6.45, 7) is 1.65. The highest BCUT2D eigenvalue weighted by Gasteiger charge is 1.89. The van der Waals surface area contributed by atoms with Crippen LogP contribution >= 0.6 is 0 Å². The second-order valence-electron chi connectivity index (χ2n) is 1.72. The van der Waals surface area contributed by atoms with E-state index >= 15 is 0 Å². The molecule has 10 heavy (non-hydrogen) atoms. The van der Waals surface area contributed by atoms with Crippen LogP contribution in [0.1, 0.15) is 19.8 Å². The Bertz CT molecular complexity index is 45.0. The van der Waals surface area contributed by atoms with E-state index in [9.17, 15) is 0 Å². The van der Waals surface area contributed by atoms with Crippen molar-refractivity contribution in [2.75, 3.05) is 13.2 Å². The molecule has 64 valence electrons. The van der Waals surface area contributed by atoms with Crippen LogP contribution in [0.25, 0.3) is 0 Å². The first-order chi connectivity index (χ1) is 4.68. The third-order valence-corrected chi connectivity index (χ3v) is 0.647. The third kappa shape index (κ3) is 24.9. The predicted octanol–water partition coefficient (Wildman–Crippen LogP) is -0.932. The van der Waals surface area contributed by atoms with Crippen molar-refractivity contribution in [3.8, 4) is 0 Å². The highest BCUT2D eigenvalue weighted by molar-refractivity contribution is 4.31. The van der Waals surface area contributed by atoms with Gasteiger partial charge in [0.05, 0.1) is 13.2 Å². The van der Waals surface area contributed by atoms with Gasteiger partial charge in [-0.3, -0.25) is 0 Å². The van der Waals surface area contributed by atoms with Crippen molar-refractivity contribution >= 4 is 0 Å². The van der Waals surface area contributed by atoms with Crippen LogP contribution in [-0.2, 0) is 0 Å². The summed E-state index contributed by atoms with van der Waals surface area (Å²) in [5.74, 6) is 0. The van der Waals surface area contributed by atoms with Crippen molar-refractivity contribution < 1.29 is 20.4 Å². The van der Waals surface area contributed by atoms with Crippen molar-refractivity contribution in [2.45, 2.75) is 26.1 Å². The zero-order chi connectivity index (χ0) is 8.41. The molecule has 4 heteroatoms. The molecule has 0 bridgehead atoms. The van der Waals surface area contributed by atoms with Gasteiger partial charge in [-0.05, 0) is 6.42 Å². The molecule has 0 aromatic heterocycles. The monoisotopic (exact) mass is 152 g/mol. The van der Waals surface area contributed by atoms with E-state index < -0.39 is 6.29 Å². The Labute approximate surface area is 60.7 Å². The summed E-state index contributed by atoms with van der Waals surface area (Å²) in [4.78, 5) is 0. The molecular formula is C6H16O4. The fourth-order valence-electron chi connectivity index (χ4n) is 0.258. The zero-order valence-electron chi connectivity index (χ0n) is 6.19. The molecule has 0 saturated carbocycles. The molecule has 0 aromatic carbocycles. The molecule has 0 saturated heterocycles. The summed E-state index contributed by atoms with van der Waals surface area (Å²) >= 11 is 0. The van der Waals surface area contributed by atoms with Crippen LogP contribution in [0.3, 0.4) is 0 Å². The lowest BCUT2D eigenvalue weighted by atomic mass is 10.3. The van der Waals surface area contributed by atoms with Crippen molar-refractivity contribution in [1.29, 1.82) is 0 Å². The van der Waals surface area contributed by atoms with Crippen molar-refractivity contribution in [2.24, 2.45) is 0 Å². The smallest absolute Gasteiger partial charge is 0.151 e. The molecule has 0 aliphatic rings. The van der Waals surface area contributed by atoms with Crippen LogP contribution in [0.4, 0.5) is 0 Å². The lowest BCUT2D eigenvalue weighted by molar-refractivity contribution is -0.0453. The molecule has 0 aliphatic carbocycles. The van der Waals surface area contributed by atoms with Gasteiger partial charge >= 0.3 is 0 Å². The molecule has 0 amide bonds. The van der Waals surface area contributed by atoms with Crippen molar-refractivity contribution in [3.05, 3.63) is 0 Å². The second kappa shape index (κ2) is 11.6. The van der Waals surface area contributed by atoms with Gasteiger partial charge in [0.1, 0.15) is 0 Å². The van der Waals surface area contributed by atoms with Gasteiger partial charge in [0.15, 0.2) is 6.29 Å². The minimum atomic E-state index is -1.10. The largest absolute Gasteiger partial charge is 0.394 e. The van der Waals surface area contributed by atoms with Gasteiger partial charge in [-0.15, -0.1) is 0 Å². The molecule has 0 fully saturated rings. The molecule has 0 unspecified atom stereocenters. The second-order valence-corrected chi connectivity index (χ2v) is 1.72. The summed E-state index contributed by atoms with van der Waals surface area (Å²) in [5.41, 5.74) is 0. The quantitative estimate of drug-likeness (QED) is 0.394. The van der Waals surface area contributed by atoms with E-state index in [4.69, 9.17) is 20.4 Å². The van der Waals surface area contributed by atoms with Crippen LogP contribution < -0.4 is 0 Å². The number of aliphatic hydroxyl groups excluding tert-OH is 3. The molecular weight excluding hydrogens is 136 g/mol. The van der Waals surface area contributed by atoms with Gasteiger partial charge in [-0.1, -0.05) is 13.3 Å². The summed E-state index contributed by atoms with van der Waals surface area (Å²) in [6, 6.07) is 0. The molecule has 4 nitrogen and oxygen atoms in total. The van der Waals surface area contributed by atoms with E-state index in [0.29, 0.717) is 6.42 Å². The third-order valence-electron chi connectivity index (χ3n) is 0.647. The standard InChI is InChI=1S/C4H10O2.C2H6O2/c1-2-3-4(5)6;3-1-2-4/h4-6H,2-3H2,1H3;3-4H,1-2H2. The Kier molecular flexibility index (Phi) is 14.5. The molecule has 0 spiro atoms. The molecule has 0 radical (unpaired) electrons. The Morgan fingerprint density at radius 1 is 1.10 bits per heavy atom. The summed E-state index contributed by atoms with van der Waals surface area (Å²) < 4.78 is 0. The fourth-order valence-corrected chi connectivity index (χ4v) is 0.258. The Balaban J connectivity index is 0. The lowest BCUT2D eigenvalue weighted by Crippen LogP contribution is -2.01. The first-order valence-electron chi connectivity index (χ1n) is 3.26. The van der Waals surface area contributed by atoms with Gasteiger partial charge in [0.2, 0.25) is 0 Å². The highest BCUT2D eigenvalue weighted by Crippen LogP contribution is 1.88. The van der Waals surface area contributed by atoms with Crippen LogP contribution in [0.2, 0.25) is 0 Å². The SMILES string of the molecule is CCCC(O)O.OCCO. The lowest BCUT2D eigenvalue weighted by Gasteiger charge is -1.94. The van der Waals surface area contributed by atoms with Gasteiger partial charge in [-0.25, -0.2) is 0 Å². The zero-order valence-corrected chi connectivity index (χ0v) is 6.19.